The molecule has 0 aliphatic carbocycles. The van der Waals surface area contributed by atoms with Gasteiger partial charge >= 0.3 is 12.1 Å². The summed E-state index contributed by atoms with van der Waals surface area (Å²) in [5.74, 6) is -3.15. The number of allylic oxidation sites excluding steroid dienone is 1. The fraction of sp³-hybridized carbons (Fsp3) is 0.667. The summed E-state index contributed by atoms with van der Waals surface area (Å²) in [5, 5.41) is 8.72. The van der Waals surface area contributed by atoms with Crippen LogP contribution in [0.15, 0.2) is 11.3 Å². The van der Waals surface area contributed by atoms with E-state index in [2.05, 4.69) is 4.74 Å². The van der Waals surface area contributed by atoms with Crippen LogP contribution in [0.4, 0.5) is 13.2 Å². The Morgan fingerprint density at radius 1 is 1.32 bits per heavy atom. The Balaban J connectivity index is 5.55. The van der Waals surface area contributed by atoms with E-state index in [1.807, 2.05) is 0 Å². The normalized spacial score (nSPS) is 14.5. The lowest BCUT2D eigenvalue weighted by molar-refractivity contribution is -0.150. The highest BCUT2D eigenvalue weighted by Gasteiger charge is 2.42. The maximum absolute atomic E-state index is 12.8. The number of hydrogen-bond acceptors (Lipinski definition) is 4. The molecule has 0 fully saturated rings. The van der Waals surface area contributed by atoms with Crippen LogP contribution >= 0.6 is 0 Å². The number of esters is 1. The fourth-order valence-corrected chi connectivity index (χ4v) is 0.982. The third-order valence-electron chi connectivity index (χ3n) is 2.32. The molecule has 0 N–H and O–H groups in total. The van der Waals surface area contributed by atoms with E-state index in [9.17, 15) is 18.0 Å². The molecule has 7 heteroatoms. The van der Waals surface area contributed by atoms with Gasteiger partial charge in [0.1, 0.15) is 6.07 Å². The van der Waals surface area contributed by atoms with Crippen molar-refractivity contribution < 1.29 is 27.4 Å². The zero-order valence-electron chi connectivity index (χ0n) is 11.2. The number of halogens is 3. The summed E-state index contributed by atoms with van der Waals surface area (Å²) in [7, 11) is 0. The first-order chi connectivity index (χ1) is 8.65. The summed E-state index contributed by atoms with van der Waals surface area (Å²) in [6.07, 6.45) is -5.73. The van der Waals surface area contributed by atoms with E-state index in [1.54, 1.807) is 13.8 Å². The van der Waals surface area contributed by atoms with E-state index in [-0.39, 0.29) is 12.5 Å². The maximum Gasteiger partial charge on any atom is 0.450 e. The molecule has 0 aliphatic rings. The second-order valence-corrected chi connectivity index (χ2v) is 4.10. The molecule has 0 rings (SSSR count). The van der Waals surface area contributed by atoms with E-state index in [1.165, 1.54) is 19.9 Å². The van der Waals surface area contributed by atoms with Crippen molar-refractivity contribution in [2.24, 2.45) is 5.92 Å². The lowest BCUT2D eigenvalue weighted by Gasteiger charge is -2.22. The molecule has 4 nitrogen and oxygen atoms in total. The predicted octanol–water partition coefficient (Wildman–Crippen LogP) is 2.95. The van der Waals surface area contributed by atoms with Crippen molar-refractivity contribution in [1.29, 1.82) is 5.26 Å². The third-order valence-corrected chi connectivity index (χ3v) is 2.32. The molecule has 0 aromatic rings. The van der Waals surface area contributed by atoms with Gasteiger partial charge in [-0.3, -0.25) is 0 Å². The number of carbonyl (C=O) groups is 1. The van der Waals surface area contributed by atoms with Crippen LogP contribution in [0.5, 0.6) is 0 Å². The van der Waals surface area contributed by atoms with Gasteiger partial charge in [0.25, 0.3) is 0 Å². The quantitative estimate of drug-likeness (QED) is 0.336. The molecule has 0 aromatic carbocycles. The molecule has 0 bridgehead atoms. The van der Waals surface area contributed by atoms with Crippen LogP contribution in [0.25, 0.3) is 0 Å². The number of nitriles is 1. The Morgan fingerprint density at radius 2 is 1.84 bits per heavy atom. The SMILES string of the molecule is CCOC(=O)/C(C#N)=C(\OC(C)C(C)C)C(F)(F)F. The predicted molar refractivity (Wildman–Crippen MR) is 60.7 cm³/mol. The summed E-state index contributed by atoms with van der Waals surface area (Å²) in [5.41, 5.74) is -1.16. The van der Waals surface area contributed by atoms with Gasteiger partial charge in [-0.1, -0.05) is 13.8 Å². The lowest BCUT2D eigenvalue weighted by Crippen LogP contribution is -2.26. The monoisotopic (exact) mass is 279 g/mol. The standard InChI is InChI=1S/C12H16F3NO3/c1-5-18-11(17)9(6-16)10(12(13,14)15)19-8(4)7(2)3/h7-8H,5H2,1-4H3/b10-9-. The average Bonchev–Trinajstić information content (AvgIpc) is 2.27. The third kappa shape index (κ3) is 5.20. The summed E-state index contributed by atoms with van der Waals surface area (Å²) < 4.78 is 47.7. The van der Waals surface area contributed by atoms with E-state index in [0.717, 1.165) is 0 Å². The molecule has 0 heterocycles. The highest BCUT2D eigenvalue weighted by molar-refractivity contribution is 5.93. The Bertz CT molecular complexity index is 394. The number of hydrogen-bond donors (Lipinski definition) is 0. The molecule has 0 spiro atoms. The van der Waals surface area contributed by atoms with Crippen molar-refractivity contribution in [1.82, 2.24) is 0 Å². The van der Waals surface area contributed by atoms with Gasteiger partial charge in [0.05, 0.1) is 12.7 Å². The molecule has 0 saturated heterocycles. The molecular formula is C12H16F3NO3. The highest BCUT2D eigenvalue weighted by atomic mass is 19.4. The second kappa shape index (κ2) is 7.02. The maximum atomic E-state index is 12.8. The molecule has 1 unspecified atom stereocenters. The minimum absolute atomic E-state index is 0.130. The van der Waals surface area contributed by atoms with Crippen LogP contribution in [0.1, 0.15) is 27.7 Å². The molecule has 0 aliphatic heterocycles. The zero-order valence-corrected chi connectivity index (χ0v) is 11.2. The van der Waals surface area contributed by atoms with Crippen LogP contribution in [0, 0.1) is 17.2 Å². The number of alkyl halides is 3. The largest absolute Gasteiger partial charge is 0.485 e. The molecule has 0 aromatic heterocycles. The van der Waals surface area contributed by atoms with E-state index < -0.39 is 29.6 Å². The van der Waals surface area contributed by atoms with Gasteiger partial charge < -0.3 is 9.47 Å². The summed E-state index contributed by atoms with van der Waals surface area (Å²) >= 11 is 0. The van der Waals surface area contributed by atoms with Crippen LogP contribution < -0.4 is 0 Å². The Hall–Kier alpha value is -1.71. The molecule has 108 valence electrons. The van der Waals surface area contributed by atoms with Crippen molar-refractivity contribution in [2.75, 3.05) is 6.61 Å². The number of carbonyl (C=O) groups excluding carboxylic acids is 1. The molecule has 1 atom stereocenters. The lowest BCUT2D eigenvalue weighted by atomic mass is 10.1. The molecular weight excluding hydrogens is 263 g/mol. The summed E-state index contributed by atoms with van der Waals surface area (Å²) in [6, 6.07) is 1.20. The smallest absolute Gasteiger partial charge is 0.450 e. The second-order valence-electron chi connectivity index (χ2n) is 4.10. The Labute approximate surface area is 109 Å². The van der Waals surface area contributed by atoms with Gasteiger partial charge in [0.2, 0.25) is 5.76 Å². The van der Waals surface area contributed by atoms with Crippen molar-refractivity contribution >= 4 is 5.97 Å². The molecule has 0 saturated carbocycles. The Kier molecular flexibility index (Phi) is 6.39. The number of rotatable bonds is 5. The van der Waals surface area contributed by atoms with Gasteiger partial charge in [-0.25, -0.2) is 4.79 Å². The number of nitrogens with zero attached hydrogens (tertiary/aromatic N) is 1. The minimum atomic E-state index is -4.93. The van der Waals surface area contributed by atoms with Gasteiger partial charge in [0.15, 0.2) is 5.57 Å². The first-order valence-electron chi connectivity index (χ1n) is 5.70. The first kappa shape index (κ1) is 17.3. The van der Waals surface area contributed by atoms with Gasteiger partial charge in [-0.05, 0) is 19.8 Å². The molecule has 0 amide bonds. The van der Waals surface area contributed by atoms with E-state index in [4.69, 9.17) is 10.00 Å². The zero-order chi connectivity index (χ0) is 15.2. The summed E-state index contributed by atoms with van der Waals surface area (Å²) in [4.78, 5) is 11.3. The van der Waals surface area contributed by atoms with Crippen LogP contribution in [0.2, 0.25) is 0 Å². The Morgan fingerprint density at radius 3 is 2.16 bits per heavy atom. The van der Waals surface area contributed by atoms with Crippen LogP contribution in [0.3, 0.4) is 0 Å². The van der Waals surface area contributed by atoms with Crippen LogP contribution in [-0.4, -0.2) is 24.9 Å². The van der Waals surface area contributed by atoms with Gasteiger partial charge in [-0.2, -0.15) is 18.4 Å². The van der Waals surface area contributed by atoms with Crippen molar-refractivity contribution in [3.63, 3.8) is 0 Å². The number of ether oxygens (including phenoxy) is 2. The van der Waals surface area contributed by atoms with Crippen molar-refractivity contribution in [2.45, 2.75) is 40.0 Å². The first-order valence-corrected chi connectivity index (χ1v) is 5.70. The average molecular weight is 279 g/mol. The van der Waals surface area contributed by atoms with Gasteiger partial charge in [-0.15, -0.1) is 0 Å². The molecule has 0 radical (unpaired) electrons. The molecule has 19 heavy (non-hydrogen) atoms. The van der Waals surface area contributed by atoms with E-state index in [0.29, 0.717) is 0 Å². The minimum Gasteiger partial charge on any atom is -0.485 e. The fourth-order valence-electron chi connectivity index (χ4n) is 0.982. The van der Waals surface area contributed by atoms with E-state index >= 15 is 0 Å². The van der Waals surface area contributed by atoms with Crippen molar-refractivity contribution in [3.05, 3.63) is 11.3 Å². The van der Waals surface area contributed by atoms with Gasteiger partial charge in [0, 0.05) is 0 Å². The summed E-state index contributed by atoms with van der Waals surface area (Å²) in [6.45, 7) is 6.05. The topological polar surface area (TPSA) is 59.3 Å². The van der Waals surface area contributed by atoms with Crippen LogP contribution in [-0.2, 0) is 14.3 Å². The highest BCUT2D eigenvalue weighted by Crippen LogP contribution is 2.31. The van der Waals surface area contributed by atoms with Crippen molar-refractivity contribution in [3.8, 4) is 6.07 Å².